The number of nitrogens with zero attached hydrogens (tertiary/aromatic N) is 1. The fourth-order valence-electron chi connectivity index (χ4n) is 3.84. The third kappa shape index (κ3) is 4.90. The first-order chi connectivity index (χ1) is 13.9. The van der Waals surface area contributed by atoms with E-state index in [1.54, 1.807) is 30.3 Å². The zero-order chi connectivity index (χ0) is 21.0. The number of carboxylic acid groups (broad SMARTS) is 2. The van der Waals surface area contributed by atoms with Crippen molar-refractivity contribution in [3.8, 4) is 0 Å². The zero-order valence-corrected chi connectivity index (χ0v) is 16.6. The molecule has 2 saturated heterocycles. The third-order valence-electron chi connectivity index (χ3n) is 5.34. The van der Waals surface area contributed by atoms with E-state index in [0.717, 1.165) is 6.42 Å². The quantitative estimate of drug-likeness (QED) is 0.593. The minimum absolute atomic E-state index is 0.0156. The van der Waals surface area contributed by atoms with Gasteiger partial charge in [-0.05, 0) is 43.4 Å². The van der Waals surface area contributed by atoms with E-state index in [9.17, 15) is 29.4 Å². The Balaban J connectivity index is 1.74. The molecule has 2 fully saturated rings. The number of carboxylic acids is 2. The van der Waals surface area contributed by atoms with Crippen molar-refractivity contribution in [3.63, 3.8) is 0 Å². The Morgan fingerprint density at radius 2 is 1.86 bits per heavy atom. The van der Waals surface area contributed by atoms with Gasteiger partial charge in [0, 0.05) is 0 Å². The van der Waals surface area contributed by atoms with Gasteiger partial charge in [0.15, 0.2) is 0 Å². The lowest BCUT2D eigenvalue weighted by Gasteiger charge is -2.39. The molecule has 2 aliphatic rings. The Labute approximate surface area is 172 Å². The lowest BCUT2D eigenvalue weighted by atomic mass is 9.97. The van der Waals surface area contributed by atoms with Gasteiger partial charge in [-0.2, -0.15) is 0 Å². The van der Waals surface area contributed by atoms with Crippen LogP contribution in [0, 0.1) is 5.92 Å². The highest BCUT2D eigenvalue weighted by Gasteiger charge is 2.43. The predicted molar refractivity (Wildman–Crippen MR) is 106 cm³/mol. The second-order valence-electron chi connectivity index (χ2n) is 7.29. The highest BCUT2D eigenvalue weighted by molar-refractivity contribution is 7.99. The monoisotopic (exact) mass is 420 g/mol. The number of amides is 2. The first-order valence-electron chi connectivity index (χ1n) is 9.62. The third-order valence-corrected chi connectivity index (χ3v) is 6.66. The normalized spacial score (nSPS) is 25.4. The molecule has 1 aromatic carbocycles. The van der Waals surface area contributed by atoms with Crippen molar-refractivity contribution in [1.29, 1.82) is 0 Å². The summed E-state index contributed by atoms with van der Waals surface area (Å²) >= 11 is 1.52. The second-order valence-corrected chi connectivity index (χ2v) is 8.57. The summed E-state index contributed by atoms with van der Waals surface area (Å²) in [6.07, 6.45) is 2.18. The van der Waals surface area contributed by atoms with Gasteiger partial charge in [-0.1, -0.05) is 30.3 Å². The maximum Gasteiger partial charge on any atom is 0.326 e. The second kappa shape index (κ2) is 9.30. The van der Waals surface area contributed by atoms with Crippen molar-refractivity contribution < 1.29 is 29.4 Å². The molecule has 4 unspecified atom stereocenters. The molecule has 8 nitrogen and oxygen atoms in total. The molecule has 0 aromatic heterocycles. The van der Waals surface area contributed by atoms with Gasteiger partial charge in [-0.3, -0.25) is 14.4 Å². The molecule has 4 atom stereocenters. The van der Waals surface area contributed by atoms with Crippen LogP contribution in [0.5, 0.6) is 0 Å². The fourth-order valence-corrected chi connectivity index (χ4v) is 5.23. The first-order valence-corrected chi connectivity index (χ1v) is 10.7. The molecule has 0 saturated carbocycles. The number of fused-ring (bicyclic) bond motifs is 1. The first kappa shape index (κ1) is 21.2. The number of nitrogens with one attached hydrogen (secondary N) is 1. The molecule has 29 heavy (non-hydrogen) atoms. The van der Waals surface area contributed by atoms with E-state index in [-0.39, 0.29) is 11.8 Å². The van der Waals surface area contributed by atoms with E-state index >= 15 is 0 Å². The smallest absolute Gasteiger partial charge is 0.326 e. The average molecular weight is 420 g/mol. The van der Waals surface area contributed by atoms with Gasteiger partial charge in [-0.15, -0.1) is 11.8 Å². The summed E-state index contributed by atoms with van der Waals surface area (Å²) in [4.78, 5) is 50.4. The van der Waals surface area contributed by atoms with Crippen LogP contribution < -0.4 is 5.32 Å². The zero-order valence-electron chi connectivity index (χ0n) is 15.8. The number of hydrogen-bond acceptors (Lipinski definition) is 5. The van der Waals surface area contributed by atoms with E-state index in [2.05, 4.69) is 5.32 Å². The summed E-state index contributed by atoms with van der Waals surface area (Å²) in [6.45, 7) is 0. The SMILES string of the molecule is O=C(O)C(Cc1ccccc1)C(=O)NC1CCSC2CCCC(C(=O)O)N2C1=O. The predicted octanol–water partition coefficient (Wildman–Crippen LogP) is 1.34. The highest BCUT2D eigenvalue weighted by Crippen LogP contribution is 2.34. The number of aliphatic carboxylic acids is 2. The number of hydrogen-bond donors (Lipinski definition) is 3. The molecule has 0 bridgehead atoms. The fraction of sp³-hybridized carbons (Fsp3) is 0.500. The lowest BCUT2D eigenvalue weighted by Crippen LogP contribution is -2.57. The van der Waals surface area contributed by atoms with Crippen LogP contribution in [-0.2, 0) is 25.6 Å². The van der Waals surface area contributed by atoms with Gasteiger partial charge < -0.3 is 20.4 Å². The van der Waals surface area contributed by atoms with Crippen molar-refractivity contribution in [1.82, 2.24) is 10.2 Å². The minimum Gasteiger partial charge on any atom is -0.481 e. The van der Waals surface area contributed by atoms with E-state index in [1.165, 1.54) is 16.7 Å². The number of benzene rings is 1. The van der Waals surface area contributed by atoms with Gasteiger partial charge in [0.1, 0.15) is 18.0 Å². The van der Waals surface area contributed by atoms with Crippen molar-refractivity contribution in [2.24, 2.45) is 5.92 Å². The van der Waals surface area contributed by atoms with Gasteiger partial charge in [0.2, 0.25) is 11.8 Å². The van der Waals surface area contributed by atoms with Gasteiger partial charge >= 0.3 is 11.9 Å². The van der Waals surface area contributed by atoms with E-state index < -0.39 is 41.8 Å². The van der Waals surface area contributed by atoms with E-state index in [1.807, 2.05) is 0 Å². The standard InChI is InChI=1S/C20H24N2O6S/c23-17(13(19(25)26)11-12-5-2-1-3-6-12)21-14-9-10-29-16-8-4-7-15(20(27)28)22(16)18(14)24/h1-3,5-6,13-16H,4,7-11H2,(H,21,23)(H,25,26)(H,27,28). The van der Waals surface area contributed by atoms with Crippen LogP contribution in [0.25, 0.3) is 0 Å². The number of thioether (sulfide) groups is 1. The van der Waals surface area contributed by atoms with Crippen LogP contribution >= 0.6 is 11.8 Å². The Morgan fingerprint density at radius 3 is 2.52 bits per heavy atom. The molecular weight excluding hydrogens is 396 g/mol. The number of rotatable bonds is 6. The molecule has 156 valence electrons. The van der Waals surface area contributed by atoms with E-state index in [4.69, 9.17) is 0 Å². The summed E-state index contributed by atoms with van der Waals surface area (Å²) in [5.74, 6) is -4.23. The molecule has 3 rings (SSSR count). The number of piperidine rings is 1. The molecule has 2 heterocycles. The van der Waals surface area contributed by atoms with E-state index in [0.29, 0.717) is 30.6 Å². The van der Waals surface area contributed by atoms with Gasteiger partial charge in [0.25, 0.3) is 0 Å². The maximum absolute atomic E-state index is 13.1. The molecule has 0 aliphatic carbocycles. The van der Waals surface area contributed by atoms with Gasteiger partial charge in [0.05, 0.1) is 5.37 Å². The van der Waals surface area contributed by atoms with Crippen LogP contribution in [0.3, 0.4) is 0 Å². The maximum atomic E-state index is 13.1. The summed E-state index contributed by atoms with van der Waals surface area (Å²) in [7, 11) is 0. The number of carbonyl (C=O) groups is 4. The summed E-state index contributed by atoms with van der Waals surface area (Å²) in [5, 5.41) is 21.4. The lowest BCUT2D eigenvalue weighted by molar-refractivity contribution is -0.154. The molecule has 9 heteroatoms. The summed E-state index contributed by atoms with van der Waals surface area (Å²) in [5.41, 5.74) is 0.708. The Bertz CT molecular complexity index is 786. The molecule has 3 N–H and O–H groups in total. The Hall–Kier alpha value is -2.55. The topological polar surface area (TPSA) is 124 Å². The van der Waals surface area contributed by atoms with Crippen LogP contribution in [-0.4, -0.2) is 62.1 Å². The van der Waals surface area contributed by atoms with Crippen LogP contribution in [0.2, 0.25) is 0 Å². The highest BCUT2D eigenvalue weighted by atomic mass is 32.2. The molecule has 1 aromatic rings. The van der Waals surface area contributed by atoms with Crippen molar-refractivity contribution in [3.05, 3.63) is 35.9 Å². The molecule has 0 spiro atoms. The van der Waals surface area contributed by atoms with Crippen molar-refractivity contribution >= 4 is 35.5 Å². The molecule has 0 radical (unpaired) electrons. The van der Waals surface area contributed by atoms with Crippen molar-refractivity contribution in [2.45, 2.75) is 49.6 Å². The number of carbonyl (C=O) groups excluding carboxylic acids is 2. The summed E-state index contributed by atoms with van der Waals surface area (Å²) in [6, 6.07) is 6.98. The molecule has 2 amide bonds. The van der Waals surface area contributed by atoms with Crippen LogP contribution in [0.1, 0.15) is 31.2 Å². The molecular formula is C20H24N2O6S. The minimum atomic E-state index is -1.33. The van der Waals surface area contributed by atoms with Gasteiger partial charge in [-0.25, -0.2) is 4.79 Å². The van der Waals surface area contributed by atoms with Crippen LogP contribution in [0.15, 0.2) is 30.3 Å². The summed E-state index contributed by atoms with van der Waals surface area (Å²) < 4.78 is 0. The average Bonchev–Trinajstić information content (AvgIpc) is 2.85. The Morgan fingerprint density at radius 1 is 1.14 bits per heavy atom. The van der Waals surface area contributed by atoms with Crippen molar-refractivity contribution in [2.75, 3.05) is 5.75 Å². The van der Waals surface area contributed by atoms with Crippen LogP contribution in [0.4, 0.5) is 0 Å². The largest absolute Gasteiger partial charge is 0.481 e. The molecule has 2 aliphatic heterocycles. The Kier molecular flexibility index (Phi) is 6.79.